The lowest BCUT2D eigenvalue weighted by atomic mass is 10.1. The number of hydrogen-bond donors (Lipinski definition) is 3. The van der Waals surface area contributed by atoms with Crippen LogP contribution >= 0.6 is 11.3 Å². The number of likely N-dealkylation sites (N-methyl/N-ethyl adjacent to an activating group) is 1. The van der Waals surface area contributed by atoms with Crippen LogP contribution in [0.5, 0.6) is 0 Å². The minimum absolute atomic E-state index is 0.0149. The normalized spacial score (nSPS) is 16.4. The van der Waals surface area contributed by atoms with Crippen LogP contribution in [0.3, 0.4) is 0 Å². The van der Waals surface area contributed by atoms with Gasteiger partial charge in [-0.1, -0.05) is 48.2 Å². The van der Waals surface area contributed by atoms with Crippen LogP contribution in [0.15, 0.2) is 54.8 Å². The van der Waals surface area contributed by atoms with Crippen LogP contribution in [0, 0.1) is 6.92 Å². The zero-order chi connectivity index (χ0) is 32.1. The third-order valence-electron chi connectivity index (χ3n) is 7.52. The predicted octanol–water partition coefficient (Wildman–Crippen LogP) is 5.25. The average Bonchev–Trinajstić information content (AvgIpc) is 3.67. The molecule has 3 N–H and O–H groups in total. The van der Waals surface area contributed by atoms with Crippen molar-refractivity contribution in [2.75, 3.05) is 51.0 Å². The standard InChI is InChI=1S/C27H32N6O3S.C3H3F3O/c1-18-6-4-5-7-21(18)24-30-31-26(37-24)29-23(34)19-8-9-20(17-36-3)22(16-19)28-25(35)27(10-11-27)33-14-12-32(2)13-15-33;1-2(7)3(4,5)6/h4-9,16H,10-15,17H2,1-3H3,(H,28,35)(H,29,31,34);7H,1H2. The molecule has 0 spiro atoms. The van der Waals surface area contributed by atoms with E-state index >= 15 is 0 Å². The molecule has 3 aromatic rings. The molecular weight excluding hydrogens is 597 g/mol. The summed E-state index contributed by atoms with van der Waals surface area (Å²) in [5, 5.41) is 23.1. The number of rotatable bonds is 8. The monoisotopic (exact) mass is 632 g/mol. The van der Waals surface area contributed by atoms with Crippen molar-refractivity contribution in [3.63, 3.8) is 0 Å². The molecule has 1 aromatic heterocycles. The maximum atomic E-state index is 13.4. The number of halogens is 3. The Labute approximate surface area is 257 Å². The number of allylic oxidation sites excluding steroid dienone is 1. The minimum atomic E-state index is -4.64. The summed E-state index contributed by atoms with van der Waals surface area (Å²) in [7, 11) is 3.72. The first kappa shape index (κ1) is 33.1. The van der Waals surface area contributed by atoms with Crippen molar-refractivity contribution in [3.8, 4) is 10.6 Å². The minimum Gasteiger partial charge on any atom is -0.505 e. The zero-order valence-corrected chi connectivity index (χ0v) is 25.5. The van der Waals surface area contributed by atoms with Gasteiger partial charge in [0.1, 0.15) is 10.5 Å². The average molecular weight is 633 g/mol. The predicted molar refractivity (Wildman–Crippen MR) is 163 cm³/mol. The van der Waals surface area contributed by atoms with Crippen LogP contribution in [0.1, 0.15) is 34.3 Å². The van der Waals surface area contributed by atoms with Gasteiger partial charge in [0, 0.05) is 55.7 Å². The number of methoxy groups -OCH3 is 1. The number of hydrogen-bond acceptors (Lipinski definition) is 9. The number of carbonyl (C=O) groups excluding carboxylic acids is 2. The van der Waals surface area contributed by atoms with Gasteiger partial charge < -0.3 is 20.1 Å². The number of nitrogens with zero attached hydrogens (tertiary/aromatic N) is 4. The van der Waals surface area contributed by atoms with Crippen LogP contribution < -0.4 is 10.6 Å². The van der Waals surface area contributed by atoms with E-state index < -0.39 is 17.5 Å². The first-order valence-electron chi connectivity index (χ1n) is 13.9. The lowest BCUT2D eigenvalue weighted by Gasteiger charge is -2.37. The van der Waals surface area contributed by atoms with Gasteiger partial charge in [-0.05, 0) is 44.5 Å². The van der Waals surface area contributed by atoms with Gasteiger partial charge in [-0.2, -0.15) is 13.2 Å². The van der Waals surface area contributed by atoms with E-state index in [0.717, 1.165) is 60.7 Å². The maximum absolute atomic E-state index is 13.4. The maximum Gasteiger partial charge on any atom is 0.448 e. The number of aliphatic hydroxyl groups excluding tert-OH is 1. The van der Waals surface area contributed by atoms with Gasteiger partial charge in [0.2, 0.25) is 11.0 Å². The first-order valence-corrected chi connectivity index (χ1v) is 14.7. The molecule has 2 fully saturated rings. The van der Waals surface area contributed by atoms with Gasteiger partial charge in [0.05, 0.1) is 6.61 Å². The Morgan fingerprint density at radius 3 is 2.34 bits per heavy atom. The Hall–Kier alpha value is -3.85. The summed E-state index contributed by atoms with van der Waals surface area (Å²) in [6.45, 7) is 8.27. The molecule has 5 rings (SSSR count). The van der Waals surface area contributed by atoms with Gasteiger partial charge in [-0.15, -0.1) is 10.2 Å². The third kappa shape index (κ3) is 8.00. The number of alkyl halides is 3. The molecule has 0 unspecified atom stereocenters. The second kappa shape index (κ2) is 13.8. The molecule has 44 heavy (non-hydrogen) atoms. The van der Waals surface area contributed by atoms with Crippen LogP contribution in [0.2, 0.25) is 0 Å². The summed E-state index contributed by atoms with van der Waals surface area (Å²) >= 11 is 1.32. The van der Waals surface area contributed by atoms with Crippen molar-refractivity contribution in [3.05, 3.63) is 71.5 Å². The number of piperazine rings is 1. The second-order valence-electron chi connectivity index (χ2n) is 10.7. The molecule has 0 radical (unpaired) electrons. The summed E-state index contributed by atoms with van der Waals surface area (Å²) in [6.07, 6.45) is -2.94. The van der Waals surface area contributed by atoms with Crippen molar-refractivity contribution in [2.24, 2.45) is 0 Å². The number of anilines is 2. The van der Waals surface area contributed by atoms with Crippen LogP contribution in [0.4, 0.5) is 24.0 Å². The summed E-state index contributed by atoms with van der Waals surface area (Å²) in [5.41, 5.74) is 3.46. The Bertz CT molecular complexity index is 1500. The molecule has 1 saturated heterocycles. The molecule has 2 aromatic carbocycles. The number of carbonyl (C=O) groups is 2. The van der Waals surface area contributed by atoms with E-state index in [1.165, 1.54) is 11.3 Å². The molecule has 1 aliphatic heterocycles. The molecule has 2 heterocycles. The quantitative estimate of drug-likeness (QED) is 0.288. The number of benzene rings is 2. The number of nitrogens with one attached hydrogen (secondary N) is 2. The number of aliphatic hydroxyl groups is 1. The largest absolute Gasteiger partial charge is 0.505 e. The van der Waals surface area contributed by atoms with E-state index in [-0.39, 0.29) is 11.8 Å². The zero-order valence-electron chi connectivity index (χ0n) is 24.7. The molecular formula is C30H35F3N6O4S. The van der Waals surface area contributed by atoms with Gasteiger partial charge >= 0.3 is 6.18 Å². The fourth-order valence-electron chi connectivity index (χ4n) is 4.76. The van der Waals surface area contributed by atoms with E-state index in [0.29, 0.717) is 23.0 Å². The van der Waals surface area contributed by atoms with Crippen molar-refractivity contribution >= 4 is 34.0 Å². The summed E-state index contributed by atoms with van der Waals surface area (Å²) < 4.78 is 37.8. The highest BCUT2D eigenvalue weighted by Crippen LogP contribution is 2.43. The van der Waals surface area contributed by atoms with Gasteiger partial charge in [-0.25, -0.2) is 0 Å². The van der Waals surface area contributed by atoms with E-state index in [1.54, 1.807) is 19.2 Å². The third-order valence-corrected chi connectivity index (χ3v) is 8.40. The summed E-state index contributed by atoms with van der Waals surface area (Å²) in [5.74, 6) is -2.08. The number of ether oxygens (including phenoxy) is 1. The number of aryl methyl sites for hydroxylation is 1. The molecule has 1 aliphatic carbocycles. The Balaban J connectivity index is 0.000000566. The van der Waals surface area contributed by atoms with Gasteiger partial charge in [0.15, 0.2) is 5.76 Å². The van der Waals surface area contributed by atoms with E-state index in [9.17, 15) is 22.8 Å². The fraction of sp³-hybridized carbons (Fsp3) is 0.400. The SMILES string of the molecule is C=C(O)C(F)(F)F.COCc1ccc(C(=O)Nc2nnc(-c3ccccc3C)s2)cc1NC(=O)C1(N2CCN(C)CC2)CC1. The highest BCUT2D eigenvalue weighted by molar-refractivity contribution is 7.18. The molecule has 1 saturated carbocycles. The van der Waals surface area contributed by atoms with Crippen molar-refractivity contribution in [2.45, 2.75) is 38.1 Å². The van der Waals surface area contributed by atoms with Gasteiger partial charge in [-0.3, -0.25) is 19.8 Å². The molecule has 14 heteroatoms. The lowest BCUT2D eigenvalue weighted by Crippen LogP contribution is -2.54. The highest BCUT2D eigenvalue weighted by atomic mass is 32.1. The Morgan fingerprint density at radius 2 is 1.75 bits per heavy atom. The van der Waals surface area contributed by atoms with E-state index in [2.05, 4.69) is 44.3 Å². The van der Waals surface area contributed by atoms with Crippen molar-refractivity contribution < 1.29 is 32.6 Å². The number of amides is 2. The smallest absolute Gasteiger partial charge is 0.448 e. The van der Waals surface area contributed by atoms with Gasteiger partial charge in [0.25, 0.3) is 5.91 Å². The molecule has 236 valence electrons. The molecule has 2 aliphatic rings. The second-order valence-corrected chi connectivity index (χ2v) is 11.7. The highest BCUT2D eigenvalue weighted by Gasteiger charge is 2.54. The lowest BCUT2D eigenvalue weighted by molar-refractivity contribution is -0.123. The Morgan fingerprint density at radius 1 is 1.09 bits per heavy atom. The van der Waals surface area contributed by atoms with Crippen LogP contribution in [-0.4, -0.2) is 89.0 Å². The molecule has 0 bridgehead atoms. The summed E-state index contributed by atoms with van der Waals surface area (Å²) in [4.78, 5) is 31.1. The van der Waals surface area contributed by atoms with Crippen molar-refractivity contribution in [1.29, 1.82) is 0 Å². The fourth-order valence-corrected chi connectivity index (χ4v) is 5.59. The van der Waals surface area contributed by atoms with E-state index in [4.69, 9.17) is 9.84 Å². The Kier molecular flexibility index (Phi) is 10.4. The molecule has 0 atom stereocenters. The summed E-state index contributed by atoms with van der Waals surface area (Å²) in [6, 6.07) is 13.2. The first-order chi connectivity index (χ1) is 20.8. The van der Waals surface area contributed by atoms with Crippen LogP contribution in [0.25, 0.3) is 10.6 Å². The topological polar surface area (TPSA) is 120 Å². The van der Waals surface area contributed by atoms with E-state index in [1.807, 2.05) is 37.3 Å². The van der Waals surface area contributed by atoms with Crippen molar-refractivity contribution in [1.82, 2.24) is 20.0 Å². The van der Waals surface area contributed by atoms with Crippen LogP contribution in [-0.2, 0) is 16.1 Å². The molecule has 2 amide bonds. The molecule has 10 nitrogen and oxygen atoms in total. The number of aromatic nitrogens is 2.